The maximum atomic E-state index is 13.3. The van der Waals surface area contributed by atoms with E-state index in [1.807, 2.05) is 103 Å². The van der Waals surface area contributed by atoms with Crippen molar-refractivity contribution in [3.63, 3.8) is 0 Å². The van der Waals surface area contributed by atoms with Crippen molar-refractivity contribution in [3.8, 4) is 11.5 Å². The van der Waals surface area contributed by atoms with Gasteiger partial charge in [0.2, 0.25) is 0 Å². The first-order valence-corrected chi connectivity index (χ1v) is 12.7. The Kier molecular flexibility index (Phi) is 6.55. The number of carbonyl (C=O) groups is 1. The Morgan fingerprint density at radius 3 is 2.08 bits per heavy atom. The van der Waals surface area contributed by atoms with Crippen LogP contribution in [0.4, 0.5) is 17.3 Å². The number of benzene rings is 3. The van der Waals surface area contributed by atoms with Gasteiger partial charge in [-0.2, -0.15) is 0 Å². The van der Waals surface area contributed by atoms with E-state index in [0.29, 0.717) is 17.0 Å². The highest BCUT2D eigenvalue weighted by molar-refractivity contribution is 6.14. The average Bonchev–Trinajstić information content (AvgIpc) is 2.99. The van der Waals surface area contributed by atoms with Gasteiger partial charge in [-0.25, -0.2) is 9.97 Å². The second-order valence-corrected chi connectivity index (χ2v) is 9.10. The number of carbonyl (C=O) groups excluding carboxylic acids is 1. The Labute approximate surface area is 221 Å². The Morgan fingerprint density at radius 2 is 1.34 bits per heavy atom. The van der Waals surface area contributed by atoms with Crippen molar-refractivity contribution in [1.29, 1.82) is 0 Å². The van der Waals surface area contributed by atoms with Crippen LogP contribution in [0.5, 0.6) is 11.5 Å². The molecule has 1 aliphatic heterocycles. The van der Waals surface area contributed by atoms with E-state index in [-0.39, 0.29) is 5.91 Å². The molecular formula is C31H27N5O2. The molecule has 0 saturated carbocycles. The number of nitrogens with one attached hydrogen (secondary N) is 1. The van der Waals surface area contributed by atoms with E-state index in [0.717, 1.165) is 54.3 Å². The van der Waals surface area contributed by atoms with E-state index in [9.17, 15) is 4.79 Å². The average molecular weight is 502 g/mol. The predicted octanol–water partition coefficient (Wildman–Crippen LogP) is 6.00. The minimum atomic E-state index is -0.197. The SMILES string of the molecule is O=C(Nc1ccc(Oc2ccccc2)cc1)c1cnc(N2CCN(c3ccccn3)CC2)c2ccccc12. The first-order valence-electron chi connectivity index (χ1n) is 12.7. The van der Waals surface area contributed by atoms with Gasteiger partial charge in [-0.15, -0.1) is 0 Å². The number of rotatable bonds is 6. The molecule has 38 heavy (non-hydrogen) atoms. The summed E-state index contributed by atoms with van der Waals surface area (Å²) in [6.07, 6.45) is 3.51. The van der Waals surface area contributed by atoms with Crippen molar-refractivity contribution >= 4 is 34.0 Å². The van der Waals surface area contributed by atoms with Crippen LogP contribution in [0.2, 0.25) is 0 Å². The maximum absolute atomic E-state index is 13.3. The molecule has 6 rings (SSSR count). The van der Waals surface area contributed by atoms with E-state index >= 15 is 0 Å². The van der Waals surface area contributed by atoms with Crippen LogP contribution in [0.1, 0.15) is 10.4 Å². The predicted molar refractivity (Wildman–Crippen MR) is 151 cm³/mol. The third-order valence-corrected chi connectivity index (χ3v) is 6.66. The lowest BCUT2D eigenvalue weighted by molar-refractivity contribution is 0.102. The fraction of sp³-hybridized carbons (Fsp3) is 0.129. The van der Waals surface area contributed by atoms with Gasteiger partial charge >= 0.3 is 0 Å². The second kappa shape index (κ2) is 10.6. The second-order valence-electron chi connectivity index (χ2n) is 9.10. The molecule has 0 unspecified atom stereocenters. The molecule has 5 aromatic rings. The number of anilines is 3. The van der Waals surface area contributed by atoms with Gasteiger partial charge in [-0.05, 0) is 53.9 Å². The number of fused-ring (bicyclic) bond motifs is 1. The highest BCUT2D eigenvalue weighted by atomic mass is 16.5. The van der Waals surface area contributed by atoms with E-state index in [2.05, 4.69) is 20.1 Å². The Balaban J connectivity index is 1.17. The van der Waals surface area contributed by atoms with Gasteiger partial charge < -0.3 is 19.9 Å². The van der Waals surface area contributed by atoms with Gasteiger partial charge in [-0.1, -0.05) is 48.5 Å². The molecule has 3 heterocycles. The van der Waals surface area contributed by atoms with Gasteiger partial charge in [0.25, 0.3) is 5.91 Å². The molecule has 0 aliphatic carbocycles. The fourth-order valence-corrected chi connectivity index (χ4v) is 4.73. The molecule has 0 spiro atoms. The summed E-state index contributed by atoms with van der Waals surface area (Å²) in [5.74, 6) is 3.17. The third kappa shape index (κ3) is 4.99. The van der Waals surface area contributed by atoms with Gasteiger partial charge in [0.05, 0.1) is 5.56 Å². The molecule has 1 N–H and O–H groups in total. The molecule has 0 atom stereocenters. The van der Waals surface area contributed by atoms with Crippen LogP contribution in [0, 0.1) is 0 Å². The third-order valence-electron chi connectivity index (χ3n) is 6.66. The van der Waals surface area contributed by atoms with Crippen molar-refractivity contribution in [3.05, 3.63) is 115 Å². The van der Waals surface area contributed by atoms with Crippen LogP contribution in [-0.4, -0.2) is 42.1 Å². The quantitative estimate of drug-likeness (QED) is 0.308. The number of hydrogen-bond acceptors (Lipinski definition) is 6. The lowest BCUT2D eigenvalue weighted by Gasteiger charge is -2.36. The van der Waals surface area contributed by atoms with Crippen molar-refractivity contribution in [2.45, 2.75) is 0 Å². The van der Waals surface area contributed by atoms with Crippen molar-refractivity contribution < 1.29 is 9.53 Å². The molecule has 3 aromatic carbocycles. The lowest BCUT2D eigenvalue weighted by Crippen LogP contribution is -2.47. The van der Waals surface area contributed by atoms with Gasteiger partial charge in [0.1, 0.15) is 23.1 Å². The Bertz CT molecular complexity index is 1530. The Hall–Kier alpha value is -4.91. The zero-order valence-electron chi connectivity index (χ0n) is 20.8. The number of pyridine rings is 2. The number of ether oxygens (including phenoxy) is 1. The van der Waals surface area contributed by atoms with Crippen LogP contribution in [0.3, 0.4) is 0 Å². The monoisotopic (exact) mass is 501 g/mol. The van der Waals surface area contributed by atoms with Crippen molar-refractivity contribution in [1.82, 2.24) is 9.97 Å². The number of nitrogens with zero attached hydrogens (tertiary/aromatic N) is 4. The van der Waals surface area contributed by atoms with Crippen LogP contribution in [0.15, 0.2) is 109 Å². The summed E-state index contributed by atoms with van der Waals surface area (Å²) in [6.45, 7) is 3.38. The topological polar surface area (TPSA) is 70.6 Å². The normalized spacial score (nSPS) is 13.4. The van der Waals surface area contributed by atoms with Crippen LogP contribution < -0.4 is 19.9 Å². The van der Waals surface area contributed by atoms with Gasteiger partial charge in [0.15, 0.2) is 0 Å². The molecule has 7 nitrogen and oxygen atoms in total. The minimum absolute atomic E-state index is 0.197. The number of amides is 1. The summed E-state index contributed by atoms with van der Waals surface area (Å²) in [6, 6.07) is 30.9. The molecular weight excluding hydrogens is 474 g/mol. The molecule has 2 aromatic heterocycles. The van der Waals surface area contributed by atoms with E-state index in [1.54, 1.807) is 6.20 Å². The summed E-state index contributed by atoms with van der Waals surface area (Å²) >= 11 is 0. The molecule has 1 fully saturated rings. The lowest BCUT2D eigenvalue weighted by atomic mass is 10.1. The maximum Gasteiger partial charge on any atom is 0.257 e. The summed E-state index contributed by atoms with van der Waals surface area (Å²) in [7, 11) is 0. The zero-order valence-corrected chi connectivity index (χ0v) is 20.8. The number of para-hydroxylation sites is 1. The summed E-state index contributed by atoms with van der Waals surface area (Å²) in [5.41, 5.74) is 1.23. The Morgan fingerprint density at radius 1 is 0.684 bits per heavy atom. The molecule has 188 valence electrons. The van der Waals surface area contributed by atoms with Crippen molar-refractivity contribution in [2.24, 2.45) is 0 Å². The van der Waals surface area contributed by atoms with Crippen molar-refractivity contribution in [2.75, 3.05) is 41.3 Å². The fourth-order valence-electron chi connectivity index (χ4n) is 4.73. The minimum Gasteiger partial charge on any atom is -0.457 e. The first kappa shape index (κ1) is 23.5. The smallest absolute Gasteiger partial charge is 0.257 e. The van der Waals surface area contributed by atoms with E-state index < -0.39 is 0 Å². The molecule has 0 bridgehead atoms. The number of piperazine rings is 1. The molecule has 1 aliphatic rings. The van der Waals surface area contributed by atoms with Gasteiger partial charge in [0, 0.05) is 49.6 Å². The van der Waals surface area contributed by atoms with E-state index in [4.69, 9.17) is 9.72 Å². The molecule has 1 amide bonds. The van der Waals surface area contributed by atoms with Gasteiger partial charge in [-0.3, -0.25) is 4.79 Å². The van der Waals surface area contributed by atoms with E-state index in [1.165, 1.54) is 0 Å². The molecule has 0 radical (unpaired) electrons. The summed E-state index contributed by atoms with van der Waals surface area (Å²) in [4.78, 5) is 27.1. The highest BCUT2D eigenvalue weighted by Crippen LogP contribution is 2.29. The number of hydrogen-bond donors (Lipinski definition) is 1. The largest absolute Gasteiger partial charge is 0.457 e. The summed E-state index contributed by atoms with van der Waals surface area (Å²) in [5, 5.41) is 4.85. The molecule has 1 saturated heterocycles. The van der Waals surface area contributed by atoms with Crippen LogP contribution >= 0.6 is 0 Å². The number of aromatic nitrogens is 2. The molecule has 7 heteroatoms. The standard InChI is InChI=1S/C31H27N5O2/c37-31(34-23-13-15-25(16-14-23)38-24-8-2-1-3-9-24)28-22-33-30(27-11-5-4-10-26(27)28)36-20-18-35(19-21-36)29-12-6-7-17-32-29/h1-17,22H,18-21H2,(H,34,37). The van der Waals surface area contributed by atoms with Crippen LogP contribution in [-0.2, 0) is 0 Å². The summed E-state index contributed by atoms with van der Waals surface area (Å²) < 4.78 is 5.85. The highest BCUT2D eigenvalue weighted by Gasteiger charge is 2.22. The first-order chi connectivity index (χ1) is 18.7. The zero-order chi connectivity index (χ0) is 25.7. The van der Waals surface area contributed by atoms with Crippen LogP contribution in [0.25, 0.3) is 10.8 Å².